The molecule has 1 atom stereocenters. The molecule has 0 aromatic heterocycles. The van der Waals surface area contributed by atoms with Crippen LogP contribution in [-0.4, -0.2) is 68.7 Å². The van der Waals surface area contributed by atoms with Crippen LogP contribution in [0.5, 0.6) is 0 Å². The summed E-state index contributed by atoms with van der Waals surface area (Å²) in [4.78, 5) is 18.1. The lowest BCUT2D eigenvalue weighted by atomic mass is 10.2. The molecule has 10 nitrogen and oxygen atoms in total. The van der Waals surface area contributed by atoms with E-state index in [2.05, 4.69) is 25.8 Å². The molecule has 1 saturated carbocycles. The zero-order valence-electron chi connectivity index (χ0n) is 17.5. The summed E-state index contributed by atoms with van der Waals surface area (Å²) in [6, 6.07) is 8.30. The molecule has 1 saturated heterocycles. The monoisotopic (exact) mass is 447 g/mol. The van der Waals surface area contributed by atoms with Gasteiger partial charge in [-0.3, -0.25) is 10.1 Å². The van der Waals surface area contributed by atoms with Crippen molar-refractivity contribution >= 4 is 33.5 Å². The Morgan fingerprint density at radius 1 is 1.23 bits per heavy atom. The van der Waals surface area contributed by atoms with Gasteiger partial charge in [0.15, 0.2) is 0 Å². The van der Waals surface area contributed by atoms with E-state index in [0.29, 0.717) is 37.8 Å². The maximum atomic E-state index is 12.0. The SMILES string of the molecule is CCS(=O)(=O)N1CCN(c2ccc(NC3(NC4CC4)N=CC(C(N)=O)=CN3)cc2)CC1. The lowest BCUT2D eigenvalue weighted by Crippen LogP contribution is -2.61. The van der Waals surface area contributed by atoms with Crippen LogP contribution in [0.2, 0.25) is 0 Å². The molecule has 0 spiro atoms. The fraction of sp³-hybridized carbons (Fsp3) is 0.500. The van der Waals surface area contributed by atoms with E-state index in [4.69, 9.17) is 5.73 Å². The van der Waals surface area contributed by atoms with Crippen molar-refractivity contribution < 1.29 is 13.2 Å². The van der Waals surface area contributed by atoms with Gasteiger partial charge in [0, 0.05) is 56.0 Å². The van der Waals surface area contributed by atoms with Crippen molar-refractivity contribution in [3.8, 4) is 0 Å². The highest BCUT2D eigenvalue weighted by molar-refractivity contribution is 7.89. The lowest BCUT2D eigenvalue weighted by molar-refractivity contribution is -0.114. The topological polar surface area (TPSA) is 132 Å². The minimum atomic E-state index is -3.14. The van der Waals surface area contributed by atoms with E-state index in [1.807, 2.05) is 24.3 Å². The first-order chi connectivity index (χ1) is 14.8. The summed E-state index contributed by atoms with van der Waals surface area (Å²) in [6.07, 6.45) is 5.19. The van der Waals surface area contributed by atoms with Crippen molar-refractivity contribution in [1.82, 2.24) is 14.9 Å². The third-order valence-corrected chi connectivity index (χ3v) is 7.54. The van der Waals surface area contributed by atoms with Crippen LogP contribution in [0.4, 0.5) is 11.4 Å². The molecular formula is C20H29N7O3S. The summed E-state index contributed by atoms with van der Waals surface area (Å²) in [6.45, 7) is 3.99. The Morgan fingerprint density at radius 2 is 1.90 bits per heavy atom. The average molecular weight is 448 g/mol. The van der Waals surface area contributed by atoms with Gasteiger partial charge in [-0.1, -0.05) is 0 Å². The predicted octanol–water partition coefficient (Wildman–Crippen LogP) is -0.0233. The highest BCUT2D eigenvalue weighted by Crippen LogP contribution is 2.26. The predicted molar refractivity (Wildman–Crippen MR) is 121 cm³/mol. The molecule has 31 heavy (non-hydrogen) atoms. The molecule has 1 aromatic carbocycles. The lowest BCUT2D eigenvalue weighted by Gasteiger charge is -2.36. The van der Waals surface area contributed by atoms with Crippen LogP contribution < -0.4 is 26.6 Å². The number of hydrogen-bond donors (Lipinski definition) is 4. The van der Waals surface area contributed by atoms with Gasteiger partial charge in [0.1, 0.15) is 0 Å². The summed E-state index contributed by atoms with van der Waals surface area (Å²) in [7, 11) is -3.14. The number of nitrogens with two attached hydrogens (primary N) is 1. The van der Waals surface area contributed by atoms with E-state index in [9.17, 15) is 13.2 Å². The minimum Gasteiger partial charge on any atom is -0.369 e. The maximum Gasteiger partial charge on any atom is 0.266 e. The number of piperazine rings is 1. The second kappa shape index (κ2) is 8.48. The summed E-state index contributed by atoms with van der Waals surface area (Å²) in [5.74, 6) is -1.34. The van der Waals surface area contributed by atoms with Gasteiger partial charge in [0.2, 0.25) is 10.0 Å². The second-order valence-corrected chi connectivity index (χ2v) is 10.2. The molecule has 168 valence electrons. The molecule has 0 radical (unpaired) electrons. The van der Waals surface area contributed by atoms with Crippen LogP contribution in [0.15, 0.2) is 41.0 Å². The first kappa shape index (κ1) is 21.6. The molecule has 1 aliphatic carbocycles. The summed E-state index contributed by atoms with van der Waals surface area (Å²) in [5, 5.41) is 9.92. The van der Waals surface area contributed by atoms with E-state index in [-0.39, 0.29) is 5.75 Å². The number of nitrogens with zero attached hydrogens (tertiary/aromatic N) is 3. The van der Waals surface area contributed by atoms with E-state index in [1.165, 1.54) is 6.21 Å². The molecule has 5 N–H and O–H groups in total. The number of rotatable bonds is 8. The number of nitrogens with one attached hydrogen (secondary N) is 3. The summed E-state index contributed by atoms with van der Waals surface area (Å²) >= 11 is 0. The van der Waals surface area contributed by atoms with Gasteiger partial charge in [0.05, 0.1) is 11.3 Å². The number of hydrogen-bond acceptors (Lipinski definition) is 8. The molecule has 1 aromatic rings. The van der Waals surface area contributed by atoms with Crippen LogP contribution in [0.3, 0.4) is 0 Å². The molecule has 4 rings (SSSR count). The molecule has 11 heteroatoms. The molecule has 2 aliphatic heterocycles. The number of primary amides is 1. The molecular weight excluding hydrogens is 418 g/mol. The Kier molecular flexibility index (Phi) is 5.91. The van der Waals surface area contributed by atoms with Crippen LogP contribution in [0.25, 0.3) is 0 Å². The fourth-order valence-electron chi connectivity index (χ4n) is 3.64. The van der Waals surface area contributed by atoms with Crippen LogP contribution in [0, 0.1) is 0 Å². The Labute approximate surface area is 182 Å². The van der Waals surface area contributed by atoms with E-state index in [1.54, 1.807) is 17.4 Å². The Morgan fingerprint density at radius 3 is 2.42 bits per heavy atom. The van der Waals surface area contributed by atoms with Gasteiger partial charge in [-0.05, 0) is 44.0 Å². The number of carbonyl (C=O) groups is 1. The maximum absolute atomic E-state index is 12.0. The number of anilines is 2. The Bertz CT molecular complexity index is 981. The van der Waals surface area contributed by atoms with Crippen molar-refractivity contribution in [2.45, 2.75) is 31.7 Å². The number of aliphatic imine (C=N–C) groups is 1. The molecule has 0 bridgehead atoms. The van der Waals surface area contributed by atoms with Crippen molar-refractivity contribution in [1.29, 1.82) is 0 Å². The third-order valence-electron chi connectivity index (χ3n) is 5.66. The van der Waals surface area contributed by atoms with Gasteiger partial charge >= 0.3 is 0 Å². The van der Waals surface area contributed by atoms with Crippen LogP contribution in [0.1, 0.15) is 19.8 Å². The number of benzene rings is 1. The summed E-state index contributed by atoms with van der Waals surface area (Å²) in [5.41, 5.74) is 7.54. The minimum absolute atomic E-state index is 0.136. The summed E-state index contributed by atoms with van der Waals surface area (Å²) < 4.78 is 25.7. The number of carbonyl (C=O) groups excluding carboxylic acids is 1. The molecule has 1 unspecified atom stereocenters. The molecule has 2 fully saturated rings. The van der Waals surface area contributed by atoms with Crippen molar-refractivity contribution in [3.63, 3.8) is 0 Å². The van der Waals surface area contributed by atoms with Crippen LogP contribution in [-0.2, 0) is 14.8 Å². The normalized spacial score (nSPS) is 24.4. The zero-order valence-corrected chi connectivity index (χ0v) is 18.4. The van der Waals surface area contributed by atoms with Crippen molar-refractivity contribution in [3.05, 3.63) is 36.0 Å². The van der Waals surface area contributed by atoms with Crippen molar-refractivity contribution in [2.75, 3.05) is 42.1 Å². The molecule has 1 amide bonds. The van der Waals surface area contributed by atoms with Gasteiger partial charge in [0.25, 0.3) is 11.8 Å². The quantitative estimate of drug-likeness (QED) is 0.412. The Hall–Kier alpha value is -2.63. The van der Waals surface area contributed by atoms with Gasteiger partial charge in [-0.25, -0.2) is 13.4 Å². The van der Waals surface area contributed by atoms with Crippen molar-refractivity contribution in [2.24, 2.45) is 10.7 Å². The zero-order chi connectivity index (χ0) is 22.1. The highest BCUT2D eigenvalue weighted by atomic mass is 32.2. The van der Waals surface area contributed by atoms with Gasteiger partial charge < -0.3 is 21.3 Å². The van der Waals surface area contributed by atoms with Crippen LogP contribution >= 0.6 is 0 Å². The Balaban J connectivity index is 1.41. The van der Waals surface area contributed by atoms with E-state index < -0.39 is 21.8 Å². The standard InChI is InChI=1S/C20H29N7O3S/c1-2-31(29,30)27-11-9-26(10-12-27)18-7-5-17(6-8-18)25-20(24-16-3-4-16)22-13-15(14-23-20)19(21)28/h5-8,13-14,16,22,24-25H,2-4,9-12H2,1H3,(H2,21,28). The third kappa shape index (κ3) is 5.00. The van der Waals surface area contributed by atoms with E-state index >= 15 is 0 Å². The van der Waals surface area contributed by atoms with E-state index in [0.717, 1.165) is 24.2 Å². The first-order valence-corrected chi connectivity index (χ1v) is 12.1. The second-order valence-electron chi connectivity index (χ2n) is 7.95. The van der Waals surface area contributed by atoms with Gasteiger partial charge in [-0.2, -0.15) is 4.31 Å². The fourth-order valence-corrected chi connectivity index (χ4v) is 4.72. The molecule has 2 heterocycles. The largest absolute Gasteiger partial charge is 0.369 e. The highest BCUT2D eigenvalue weighted by Gasteiger charge is 2.37. The average Bonchev–Trinajstić information content (AvgIpc) is 3.58. The number of sulfonamides is 1. The number of amides is 1. The smallest absolute Gasteiger partial charge is 0.266 e. The first-order valence-electron chi connectivity index (χ1n) is 10.5. The molecule has 3 aliphatic rings. The van der Waals surface area contributed by atoms with Gasteiger partial charge in [-0.15, -0.1) is 0 Å².